The van der Waals surface area contributed by atoms with E-state index in [9.17, 15) is 4.79 Å². The Kier molecular flexibility index (Phi) is 4.80. The van der Waals surface area contributed by atoms with Gasteiger partial charge in [0.1, 0.15) is 5.03 Å². The van der Waals surface area contributed by atoms with E-state index in [0.29, 0.717) is 17.7 Å². The van der Waals surface area contributed by atoms with Crippen molar-refractivity contribution in [1.82, 2.24) is 10.7 Å². The van der Waals surface area contributed by atoms with Crippen LogP contribution in [0.2, 0.25) is 0 Å². The lowest BCUT2D eigenvalue weighted by Crippen LogP contribution is -2.43. The quantitative estimate of drug-likeness (QED) is 0.459. The molecule has 17 heavy (non-hydrogen) atoms. The number of nitrogens with zero attached hydrogens (tertiary/aromatic N) is 2. The van der Waals surface area contributed by atoms with Crippen molar-refractivity contribution < 1.29 is 9.53 Å². The van der Waals surface area contributed by atoms with Crippen LogP contribution < -0.4 is 11.4 Å². The minimum atomic E-state index is -0.464. The van der Waals surface area contributed by atoms with Crippen molar-refractivity contribution in [3.05, 3.63) is 22.9 Å². The van der Waals surface area contributed by atoms with Gasteiger partial charge in [-0.1, -0.05) is 29.8 Å². The number of nitrogens with two attached hydrogens (primary N) is 1. The number of hydrogen-bond donors (Lipinski definition) is 2. The maximum Gasteiger partial charge on any atom is 0.333 e. The van der Waals surface area contributed by atoms with E-state index < -0.39 is 5.97 Å². The van der Waals surface area contributed by atoms with E-state index in [1.54, 1.807) is 6.92 Å². The Morgan fingerprint density at radius 2 is 2.29 bits per heavy atom. The van der Waals surface area contributed by atoms with Crippen molar-refractivity contribution in [2.75, 3.05) is 6.61 Å². The van der Waals surface area contributed by atoms with Crippen LogP contribution in [0, 0.1) is 0 Å². The fourth-order valence-electron chi connectivity index (χ4n) is 1.03. The van der Waals surface area contributed by atoms with Gasteiger partial charge in [0, 0.05) is 12.0 Å². The summed E-state index contributed by atoms with van der Waals surface area (Å²) in [5, 5.41) is 5.08. The molecule has 0 saturated carbocycles. The summed E-state index contributed by atoms with van der Waals surface area (Å²) in [5.41, 5.74) is 3.26. The average molecular weight is 279 g/mol. The van der Waals surface area contributed by atoms with Crippen molar-refractivity contribution in [2.45, 2.75) is 13.3 Å². The zero-order chi connectivity index (χ0) is 13.0. The van der Waals surface area contributed by atoms with Crippen LogP contribution in [0.25, 0.3) is 0 Å². The van der Waals surface area contributed by atoms with Gasteiger partial charge < -0.3 is 4.74 Å². The van der Waals surface area contributed by atoms with Gasteiger partial charge >= 0.3 is 5.97 Å². The number of hydrogen-bond acceptors (Lipinski definition) is 6. The van der Waals surface area contributed by atoms with E-state index in [-0.39, 0.29) is 16.8 Å². The molecule has 1 aliphatic heterocycles. The van der Waals surface area contributed by atoms with E-state index in [2.05, 4.69) is 17.2 Å². The Morgan fingerprint density at radius 1 is 1.65 bits per heavy atom. The molecule has 0 fully saturated rings. The Labute approximate surface area is 109 Å². The zero-order valence-electron chi connectivity index (χ0n) is 9.17. The minimum Gasteiger partial charge on any atom is -0.462 e. The topological polar surface area (TPSA) is 80.0 Å². The lowest BCUT2D eigenvalue weighted by atomic mass is 10.3. The van der Waals surface area contributed by atoms with Gasteiger partial charge in [0.25, 0.3) is 0 Å². The molecule has 0 aromatic heterocycles. The average Bonchev–Trinajstić information content (AvgIpc) is 2.28. The first-order chi connectivity index (χ1) is 7.93. The number of hydrazone groups is 1. The number of nitrogens with one attached hydrogen (secondary N) is 1. The van der Waals surface area contributed by atoms with Gasteiger partial charge in [-0.05, 0) is 6.92 Å². The first-order valence-electron chi connectivity index (χ1n) is 4.68. The van der Waals surface area contributed by atoms with Gasteiger partial charge in [-0.15, -0.1) is 5.10 Å². The monoisotopic (exact) mass is 278 g/mol. The highest BCUT2D eigenvalue weighted by atomic mass is 35.5. The third kappa shape index (κ3) is 3.62. The molecule has 0 aromatic rings. The lowest BCUT2D eigenvalue weighted by Gasteiger charge is -2.25. The Hall–Kier alpha value is -1.24. The highest BCUT2D eigenvalue weighted by Crippen LogP contribution is 2.21. The Bertz CT molecular complexity index is 406. The summed E-state index contributed by atoms with van der Waals surface area (Å²) in [7, 11) is 0. The third-order valence-electron chi connectivity index (χ3n) is 1.90. The van der Waals surface area contributed by atoms with Crippen LogP contribution in [-0.4, -0.2) is 22.9 Å². The van der Waals surface area contributed by atoms with Gasteiger partial charge in [0.2, 0.25) is 0 Å². The molecule has 94 valence electrons. The predicted octanol–water partition coefficient (Wildman–Crippen LogP) is 1.19. The molecule has 8 heteroatoms. The number of carbonyl (C=O) groups is 1. The summed E-state index contributed by atoms with van der Waals surface area (Å²) in [6.07, 6.45) is 0.313. The molecule has 0 saturated heterocycles. The third-order valence-corrected chi connectivity index (χ3v) is 2.67. The SMILES string of the molecule is C=C(C)C(=O)OCCC1=C(Cl)C(Cl)=NNN1N. The van der Waals surface area contributed by atoms with Gasteiger partial charge in [0.05, 0.1) is 12.3 Å². The van der Waals surface area contributed by atoms with Crippen LogP contribution in [0.4, 0.5) is 0 Å². The molecule has 3 N–H and O–H groups in total. The summed E-state index contributed by atoms with van der Waals surface area (Å²) in [4.78, 5) is 11.1. The molecule has 0 amide bonds. The number of carbonyl (C=O) groups excluding carboxylic acids is 1. The first kappa shape index (κ1) is 13.8. The van der Waals surface area contributed by atoms with Crippen LogP contribution >= 0.6 is 23.2 Å². The number of ether oxygens (including phenoxy) is 1. The molecule has 0 atom stereocenters. The van der Waals surface area contributed by atoms with E-state index in [0.717, 1.165) is 5.12 Å². The van der Waals surface area contributed by atoms with E-state index in [4.69, 9.17) is 33.8 Å². The molecular weight excluding hydrogens is 267 g/mol. The maximum absolute atomic E-state index is 11.1. The van der Waals surface area contributed by atoms with E-state index >= 15 is 0 Å². The molecule has 0 radical (unpaired) electrons. The number of esters is 1. The fraction of sp³-hybridized carbons (Fsp3) is 0.333. The number of rotatable bonds is 4. The van der Waals surface area contributed by atoms with Crippen molar-refractivity contribution >= 4 is 34.3 Å². The second-order valence-corrected chi connectivity index (χ2v) is 4.04. The first-order valence-corrected chi connectivity index (χ1v) is 5.44. The van der Waals surface area contributed by atoms with Gasteiger partial charge in [-0.3, -0.25) is 0 Å². The molecule has 1 rings (SSSR count). The highest BCUT2D eigenvalue weighted by molar-refractivity contribution is 6.76. The smallest absolute Gasteiger partial charge is 0.333 e. The van der Waals surface area contributed by atoms with Crippen LogP contribution in [-0.2, 0) is 9.53 Å². The Morgan fingerprint density at radius 3 is 2.88 bits per heavy atom. The van der Waals surface area contributed by atoms with Gasteiger partial charge in [-0.2, -0.15) is 0 Å². The summed E-state index contributed by atoms with van der Waals surface area (Å²) >= 11 is 11.6. The van der Waals surface area contributed by atoms with E-state index in [1.807, 2.05) is 0 Å². The maximum atomic E-state index is 11.1. The van der Waals surface area contributed by atoms with Crippen LogP contribution in [0.15, 0.2) is 28.0 Å². The summed E-state index contributed by atoms with van der Waals surface area (Å²) in [6.45, 7) is 5.15. The molecule has 1 aliphatic rings. The molecule has 1 heterocycles. The molecule has 0 unspecified atom stereocenters. The minimum absolute atomic E-state index is 0.106. The molecule has 0 spiro atoms. The second kappa shape index (κ2) is 5.90. The van der Waals surface area contributed by atoms with Crippen LogP contribution in [0.5, 0.6) is 0 Å². The summed E-state index contributed by atoms with van der Waals surface area (Å²) in [6, 6.07) is 0. The van der Waals surface area contributed by atoms with Gasteiger partial charge in [-0.25, -0.2) is 21.3 Å². The summed E-state index contributed by atoms with van der Waals surface area (Å²) in [5.74, 6) is 5.10. The molecule has 0 aromatic carbocycles. The zero-order valence-corrected chi connectivity index (χ0v) is 10.7. The number of halogens is 2. The molecular formula is C9H12Cl2N4O2. The van der Waals surface area contributed by atoms with Crippen molar-refractivity contribution in [1.29, 1.82) is 0 Å². The standard InChI is InChI=1S/C9H12Cl2N4O2/c1-5(2)9(16)17-4-3-6-7(10)8(11)13-14-15(6)12/h14H,1,3-4,12H2,2H3. The fourth-order valence-corrected chi connectivity index (χ4v) is 1.40. The normalized spacial score (nSPS) is 15.3. The summed E-state index contributed by atoms with van der Waals surface area (Å²) < 4.78 is 4.91. The Balaban J connectivity index is 2.56. The van der Waals surface area contributed by atoms with Gasteiger partial charge in [0.15, 0.2) is 5.17 Å². The highest BCUT2D eigenvalue weighted by Gasteiger charge is 2.19. The number of hydrazine groups is 2. The van der Waals surface area contributed by atoms with Crippen LogP contribution in [0.3, 0.4) is 0 Å². The number of allylic oxidation sites excluding steroid dienone is 1. The van der Waals surface area contributed by atoms with Crippen molar-refractivity contribution in [3.8, 4) is 0 Å². The molecule has 6 nitrogen and oxygen atoms in total. The lowest BCUT2D eigenvalue weighted by molar-refractivity contribution is -0.138. The predicted molar refractivity (Wildman–Crippen MR) is 65.7 cm³/mol. The molecule has 0 aliphatic carbocycles. The van der Waals surface area contributed by atoms with E-state index in [1.165, 1.54) is 0 Å². The van der Waals surface area contributed by atoms with Crippen LogP contribution in [0.1, 0.15) is 13.3 Å². The molecule has 0 bridgehead atoms. The second-order valence-electron chi connectivity index (χ2n) is 3.30. The largest absolute Gasteiger partial charge is 0.462 e. The van der Waals surface area contributed by atoms with Crippen molar-refractivity contribution in [3.63, 3.8) is 0 Å². The van der Waals surface area contributed by atoms with Crippen molar-refractivity contribution in [2.24, 2.45) is 10.9 Å².